The summed E-state index contributed by atoms with van der Waals surface area (Å²) in [6.07, 6.45) is 3.46. The van der Waals surface area contributed by atoms with Crippen molar-refractivity contribution in [2.45, 2.75) is 13.5 Å². The zero-order valence-corrected chi connectivity index (χ0v) is 16.3. The lowest BCUT2D eigenvalue weighted by Crippen LogP contribution is -2.13. The van der Waals surface area contributed by atoms with E-state index < -0.39 is 5.97 Å². The van der Waals surface area contributed by atoms with Crippen molar-refractivity contribution in [3.05, 3.63) is 47.9 Å². The Labute approximate surface area is 162 Å². The molecule has 0 saturated carbocycles. The van der Waals surface area contributed by atoms with E-state index in [0.29, 0.717) is 23.9 Å². The van der Waals surface area contributed by atoms with Crippen LogP contribution in [0, 0.1) is 0 Å². The highest BCUT2D eigenvalue weighted by molar-refractivity contribution is 5.94. The third-order valence-corrected chi connectivity index (χ3v) is 3.99. The SMILES string of the molecule is CCOC(=O)c1nnn(Cc2cnc(N(C)C)nc2)c1-c1ccc(OC)cc1. The molecule has 0 radical (unpaired) electrons. The highest BCUT2D eigenvalue weighted by atomic mass is 16.5. The number of anilines is 1. The van der Waals surface area contributed by atoms with Crippen LogP contribution in [0.2, 0.25) is 0 Å². The fourth-order valence-electron chi connectivity index (χ4n) is 2.63. The van der Waals surface area contributed by atoms with Crippen molar-refractivity contribution >= 4 is 11.9 Å². The first-order chi connectivity index (χ1) is 13.5. The van der Waals surface area contributed by atoms with E-state index in [0.717, 1.165) is 11.1 Å². The lowest BCUT2D eigenvalue weighted by atomic mass is 10.1. The molecule has 3 rings (SSSR count). The van der Waals surface area contributed by atoms with Gasteiger partial charge in [0.25, 0.3) is 0 Å². The summed E-state index contributed by atoms with van der Waals surface area (Å²) in [4.78, 5) is 22.8. The van der Waals surface area contributed by atoms with Crippen LogP contribution in [0.5, 0.6) is 5.75 Å². The van der Waals surface area contributed by atoms with Crippen molar-refractivity contribution in [1.29, 1.82) is 0 Å². The second kappa shape index (κ2) is 8.47. The molecule has 0 amide bonds. The predicted molar refractivity (Wildman–Crippen MR) is 103 cm³/mol. The van der Waals surface area contributed by atoms with Gasteiger partial charge < -0.3 is 14.4 Å². The summed E-state index contributed by atoms with van der Waals surface area (Å²) in [5.74, 6) is 0.817. The minimum Gasteiger partial charge on any atom is -0.497 e. The summed E-state index contributed by atoms with van der Waals surface area (Å²) in [7, 11) is 5.35. The maximum absolute atomic E-state index is 12.4. The minimum absolute atomic E-state index is 0.165. The molecule has 9 nitrogen and oxygen atoms in total. The Morgan fingerprint density at radius 3 is 2.39 bits per heavy atom. The predicted octanol–water partition coefficient (Wildman–Crippen LogP) is 2.03. The molecule has 0 aliphatic rings. The maximum Gasteiger partial charge on any atom is 0.361 e. The molecule has 2 aromatic heterocycles. The van der Waals surface area contributed by atoms with E-state index in [2.05, 4.69) is 20.3 Å². The largest absolute Gasteiger partial charge is 0.497 e. The first-order valence-corrected chi connectivity index (χ1v) is 8.76. The fraction of sp³-hybridized carbons (Fsp3) is 0.316. The molecule has 9 heteroatoms. The van der Waals surface area contributed by atoms with Gasteiger partial charge in [-0.2, -0.15) is 0 Å². The van der Waals surface area contributed by atoms with Crippen LogP contribution in [0.15, 0.2) is 36.7 Å². The van der Waals surface area contributed by atoms with Crippen molar-refractivity contribution in [2.24, 2.45) is 0 Å². The molecule has 0 spiro atoms. The number of aromatic nitrogens is 5. The van der Waals surface area contributed by atoms with Crippen LogP contribution < -0.4 is 9.64 Å². The molecule has 0 aliphatic heterocycles. The van der Waals surface area contributed by atoms with E-state index in [9.17, 15) is 4.79 Å². The highest BCUT2D eigenvalue weighted by Crippen LogP contribution is 2.26. The molecule has 28 heavy (non-hydrogen) atoms. The van der Waals surface area contributed by atoms with Gasteiger partial charge in [0.15, 0.2) is 5.69 Å². The van der Waals surface area contributed by atoms with Crippen LogP contribution in [0.1, 0.15) is 23.0 Å². The van der Waals surface area contributed by atoms with E-state index in [1.807, 2.05) is 43.3 Å². The highest BCUT2D eigenvalue weighted by Gasteiger charge is 2.22. The van der Waals surface area contributed by atoms with Crippen LogP contribution in [-0.2, 0) is 11.3 Å². The molecular formula is C19H22N6O3. The zero-order valence-electron chi connectivity index (χ0n) is 16.3. The fourth-order valence-corrected chi connectivity index (χ4v) is 2.63. The Hall–Kier alpha value is -3.49. The smallest absolute Gasteiger partial charge is 0.361 e. The number of hydrogen-bond acceptors (Lipinski definition) is 8. The topological polar surface area (TPSA) is 95.3 Å². The molecule has 0 atom stereocenters. The Kier molecular flexibility index (Phi) is 5.83. The van der Waals surface area contributed by atoms with E-state index in [1.165, 1.54) is 0 Å². The third-order valence-electron chi connectivity index (χ3n) is 3.99. The minimum atomic E-state index is -0.515. The molecule has 146 valence electrons. The molecule has 0 aliphatic carbocycles. The summed E-state index contributed by atoms with van der Waals surface area (Å²) in [5.41, 5.74) is 2.34. The third kappa shape index (κ3) is 4.08. The number of ether oxygens (including phenoxy) is 2. The molecule has 0 unspecified atom stereocenters. The van der Waals surface area contributed by atoms with Crippen LogP contribution in [-0.4, -0.2) is 58.7 Å². The molecule has 2 heterocycles. The Bertz CT molecular complexity index is 935. The van der Waals surface area contributed by atoms with Gasteiger partial charge in [0.1, 0.15) is 11.4 Å². The van der Waals surface area contributed by atoms with Gasteiger partial charge in [-0.25, -0.2) is 19.4 Å². The van der Waals surface area contributed by atoms with E-state index in [4.69, 9.17) is 9.47 Å². The van der Waals surface area contributed by atoms with Gasteiger partial charge in [0.05, 0.1) is 20.3 Å². The average Bonchev–Trinajstić information content (AvgIpc) is 3.12. The van der Waals surface area contributed by atoms with Crippen LogP contribution in [0.4, 0.5) is 5.95 Å². The Morgan fingerprint density at radius 1 is 1.14 bits per heavy atom. The number of nitrogens with zero attached hydrogens (tertiary/aromatic N) is 6. The summed E-state index contributed by atoms with van der Waals surface area (Å²) < 4.78 is 12.0. The molecule has 0 saturated heterocycles. The van der Waals surface area contributed by atoms with Crippen molar-refractivity contribution in [2.75, 3.05) is 32.7 Å². The summed E-state index contributed by atoms with van der Waals surface area (Å²) in [6.45, 7) is 2.37. The van der Waals surface area contributed by atoms with E-state index in [-0.39, 0.29) is 12.3 Å². The number of benzene rings is 1. The molecule has 0 N–H and O–H groups in total. The molecule has 1 aromatic carbocycles. The molecule has 0 fully saturated rings. The monoisotopic (exact) mass is 382 g/mol. The second-order valence-electron chi connectivity index (χ2n) is 6.18. The quantitative estimate of drug-likeness (QED) is 0.573. The summed E-state index contributed by atoms with van der Waals surface area (Å²) in [6, 6.07) is 7.33. The first kappa shape index (κ1) is 19.3. The lowest BCUT2D eigenvalue weighted by Gasteiger charge is -2.11. The molecule has 0 bridgehead atoms. The second-order valence-corrected chi connectivity index (χ2v) is 6.18. The number of carbonyl (C=O) groups excluding carboxylic acids is 1. The standard InChI is InChI=1S/C19H22N6O3/c1-5-28-18(26)16-17(14-6-8-15(27-4)9-7-14)25(23-22-16)12-13-10-20-19(21-11-13)24(2)3/h6-11H,5,12H2,1-4H3. The van der Waals surface area contributed by atoms with Crippen LogP contribution in [0.25, 0.3) is 11.3 Å². The Balaban J connectivity index is 1.99. The van der Waals surface area contributed by atoms with Gasteiger partial charge in [-0.15, -0.1) is 5.10 Å². The number of esters is 1. The molecular weight excluding hydrogens is 360 g/mol. The van der Waals surface area contributed by atoms with Gasteiger partial charge in [-0.1, -0.05) is 5.21 Å². The number of methoxy groups -OCH3 is 1. The molecule has 3 aromatic rings. The zero-order chi connectivity index (χ0) is 20.1. The Morgan fingerprint density at radius 2 is 1.82 bits per heavy atom. The van der Waals surface area contributed by atoms with Gasteiger partial charge >= 0.3 is 5.97 Å². The van der Waals surface area contributed by atoms with Crippen molar-refractivity contribution < 1.29 is 14.3 Å². The van der Waals surface area contributed by atoms with E-state index in [1.54, 1.807) is 31.1 Å². The lowest BCUT2D eigenvalue weighted by molar-refractivity contribution is 0.0520. The van der Waals surface area contributed by atoms with Crippen molar-refractivity contribution in [3.63, 3.8) is 0 Å². The van der Waals surface area contributed by atoms with Gasteiger partial charge in [-0.3, -0.25) is 0 Å². The van der Waals surface area contributed by atoms with Gasteiger partial charge in [0, 0.05) is 37.6 Å². The number of hydrogen-bond donors (Lipinski definition) is 0. The van der Waals surface area contributed by atoms with Gasteiger partial charge in [0.2, 0.25) is 5.95 Å². The van der Waals surface area contributed by atoms with Crippen LogP contribution >= 0.6 is 0 Å². The van der Waals surface area contributed by atoms with Crippen LogP contribution in [0.3, 0.4) is 0 Å². The van der Waals surface area contributed by atoms with Crippen molar-refractivity contribution in [1.82, 2.24) is 25.0 Å². The maximum atomic E-state index is 12.4. The summed E-state index contributed by atoms with van der Waals surface area (Å²) >= 11 is 0. The normalized spacial score (nSPS) is 10.6. The van der Waals surface area contributed by atoms with E-state index >= 15 is 0 Å². The number of carbonyl (C=O) groups is 1. The van der Waals surface area contributed by atoms with Gasteiger partial charge in [-0.05, 0) is 31.2 Å². The number of rotatable bonds is 7. The van der Waals surface area contributed by atoms with Crippen molar-refractivity contribution in [3.8, 4) is 17.0 Å². The average molecular weight is 382 g/mol. The first-order valence-electron chi connectivity index (χ1n) is 8.76. The summed E-state index contributed by atoms with van der Waals surface area (Å²) in [5, 5.41) is 8.21.